The van der Waals surface area contributed by atoms with Gasteiger partial charge in [-0.25, -0.2) is 0 Å². The van der Waals surface area contributed by atoms with Gasteiger partial charge in [0, 0.05) is 0 Å². The van der Waals surface area contributed by atoms with Crippen molar-refractivity contribution in [2.45, 2.75) is 19.4 Å². The van der Waals surface area contributed by atoms with Gasteiger partial charge >= 0.3 is 0 Å². The molecule has 0 bridgehead atoms. The van der Waals surface area contributed by atoms with Crippen molar-refractivity contribution in [2.24, 2.45) is 17.8 Å². The van der Waals surface area contributed by atoms with Crippen molar-refractivity contribution in [1.82, 2.24) is 0 Å². The Labute approximate surface area is 85.1 Å². The summed E-state index contributed by atoms with van der Waals surface area (Å²) in [6.45, 7) is 3.26. The molecule has 2 aliphatic rings. The summed E-state index contributed by atoms with van der Waals surface area (Å²) < 4.78 is 5.93. The van der Waals surface area contributed by atoms with Crippen LogP contribution in [0.5, 0.6) is 0 Å². The van der Waals surface area contributed by atoms with E-state index in [0.717, 1.165) is 24.4 Å². The Morgan fingerprint density at radius 1 is 1.14 bits per heavy atom. The summed E-state index contributed by atoms with van der Waals surface area (Å²) in [5.74, 6) is 2.52. The summed E-state index contributed by atoms with van der Waals surface area (Å²) in [5.41, 5.74) is 1.37. The molecule has 0 aromatic heterocycles. The second-order valence-electron chi connectivity index (χ2n) is 4.71. The number of hydrogen-bond donors (Lipinski definition) is 0. The summed E-state index contributed by atoms with van der Waals surface area (Å²) in [6, 6.07) is 10.7. The topological polar surface area (TPSA) is 9.23 Å². The summed E-state index contributed by atoms with van der Waals surface area (Å²) >= 11 is 0. The minimum atomic E-state index is 0.386. The molecule has 1 aliphatic heterocycles. The molecule has 0 amide bonds. The van der Waals surface area contributed by atoms with E-state index in [2.05, 4.69) is 37.3 Å². The molecule has 1 aromatic rings. The number of ether oxygens (including phenoxy) is 1. The lowest BCUT2D eigenvalue weighted by Gasteiger charge is -2.26. The summed E-state index contributed by atoms with van der Waals surface area (Å²) in [4.78, 5) is 0. The van der Waals surface area contributed by atoms with Gasteiger partial charge in [-0.1, -0.05) is 37.3 Å². The van der Waals surface area contributed by atoms with Crippen LogP contribution in [0.15, 0.2) is 30.3 Å². The molecule has 0 radical (unpaired) electrons. The normalized spacial score (nSPS) is 40.4. The molecular formula is C13H16O. The third-order valence-electron chi connectivity index (χ3n) is 3.68. The van der Waals surface area contributed by atoms with Crippen LogP contribution in [-0.4, -0.2) is 6.61 Å². The molecule has 2 fully saturated rings. The van der Waals surface area contributed by atoms with Crippen molar-refractivity contribution >= 4 is 0 Å². The molecule has 74 valence electrons. The van der Waals surface area contributed by atoms with Crippen LogP contribution in [0, 0.1) is 17.8 Å². The first-order chi connectivity index (χ1) is 6.86. The minimum Gasteiger partial charge on any atom is -0.373 e. The van der Waals surface area contributed by atoms with Crippen molar-refractivity contribution in [1.29, 1.82) is 0 Å². The fourth-order valence-corrected chi connectivity index (χ4v) is 2.73. The van der Waals surface area contributed by atoms with Gasteiger partial charge in [0.15, 0.2) is 0 Å². The SMILES string of the molecule is C[C@@H]1CO[C@@H](c2ccccc2)[C@@H]2C[C@@H]21. The smallest absolute Gasteiger partial charge is 0.0856 e. The molecule has 1 saturated carbocycles. The van der Waals surface area contributed by atoms with Gasteiger partial charge in [0.2, 0.25) is 0 Å². The van der Waals surface area contributed by atoms with Gasteiger partial charge in [-0.2, -0.15) is 0 Å². The Kier molecular flexibility index (Phi) is 1.88. The van der Waals surface area contributed by atoms with Crippen LogP contribution in [-0.2, 0) is 4.74 Å². The summed E-state index contributed by atoms with van der Waals surface area (Å²) in [5, 5.41) is 0. The zero-order valence-corrected chi connectivity index (χ0v) is 8.52. The molecule has 0 spiro atoms. The van der Waals surface area contributed by atoms with Crippen molar-refractivity contribution < 1.29 is 4.74 Å². The molecule has 0 N–H and O–H groups in total. The standard InChI is InChI=1S/C13H16O/c1-9-8-14-13(12-7-11(9)12)10-5-3-2-4-6-10/h2-6,9,11-13H,7-8H2,1H3/t9-,11-,12-,13+/m1/s1. The third-order valence-corrected chi connectivity index (χ3v) is 3.68. The molecule has 1 aliphatic carbocycles. The number of hydrogen-bond acceptors (Lipinski definition) is 1. The molecule has 3 rings (SSSR count). The van der Waals surface area contributed by atoms with Crippen LogP contribution in [0.2, 0.25) is 0 Å². The van der Waals surface area contributed by atoms with Crippen LogP contribution in [0.1, 0.15) is 25.0 Å². The molecule has 1 heterocycles. The van der Waals surface area contributed by atoms with Crippen LogP contribution in [0.25, 0.3) is 0 Å². The summed E-state index contributed by atoms with van der Waals surface area (Å²) in [7, 11) is 0. The molecule has 1 heteroatoms. The van der Waals surface area contributed by atoms with Crippen molar-refractivity contribution in [2.75, 3.05) is 6.61 Å². The highest BCUT2D eigenvalue weighted by Gasteiger charge is 2.50. The average molecular weight is 188 g/mol. The van der Waals surface area contributed by atoms with E-state index in [1.54, 1.807) is 0 Å². The van der Waals surface area contributed by atoms with E-state index >= 15 is 0 Å². The van der Waals surface area contributed by atoms with Crippen LogP contribution < -0.4 is 0 Å². The van der Waals surface area contributed by atoms with Crippen LogP contribution >= 0.6 is 0 Å². The zero-order valence-electron chi connectivity index (χ0n) is 8.52. The van der Waals surface area contributed by atoms with E-state index in [9.17, 15) is 0 Å². The number of rotatable bonds is 1. The fraction of sp³-hybridized carbons (Fsp3) is 0.538. The Balaban J connectivity index is 1.82. The van der Waals surface area contributed by atoms with E-state index in [-0.39, 0.29) is 0 Å². The van der Waals surface area contributed by atoms with E-state index < -0.39 is 0 Å². The second kappa shape index (κ2) is 3.09. The maximum Gasteiger partial charge on any atom is 0.0856 e. The van der Waals surface area contributed by atoms with Gasteiger partial charge < -0.3 is 4.74 Å². The first-order valence-corrected chi connectivity index (χ1v) is 5.53. The molecule has 14 heavy (non-hydrogen) atoms. The van der Waals surface area contributed by atoms with Crippen LogP contribution in [0.4, 0.5) is 0 Å². The highest BCUT2D eigenvalue weighted by Crippen LogP contribution is 2.56. The van der Waals surface area contributed by atoms with Gasteiger partial charge in [-0.05, 0) is 29.7 Å². The van der Waals surface area contributed by atoms with Crippen molar-refractivity contribution in [3.8, 4) is 0 Å². The maximum absolute atomic E-state index is 5.93. The Hall–Kier alpha value is -0.820. The molecule has 1 aromatic carbocycles. The zero-order chi connectivity index (χ0) is 9.54. The first-order valence-electron chi connectivity index (χ1n) is 5.53. The average Bonchev–Trinajstić information content (AvgIpc) is 3.00. The minimum absolute atomic E-state index is 0.386. The highest BCUT2D eigenvalue weighted by molar-refractivity contribution is 5.21. The molecule has 0 unspecified atom stereocenters. The number of benzene rings is 1. The molecular weight excluding hydrogens is 172 g/mol. The quantitative estimate of drug-likeness (QED) is 0.658. The second-order valence-corrected chi connectivity index (χ2v) is 4.71. The fourth-order valence-electron chi connectivity index (χ4n) is 2.73. The predicted molar refractivity (Wildman–Crippen MR) is 55.9 cm³/mol. The molecule has 1 nitrogen and oxygen atoms in total. The van der Waals surface area contributed by atoms with E-state index in [1.807, 2.05) is 0 Å². The lowest BCUT2D eigenvalue weighted by atomic mass is 9.96. The van der Waals surface area contributed by atoms with Crippen molar-refractivity contribution in [3.05, 3.63) is 35.9 Å². The van der Waals surface area contributed by atoms with E-state index in [1.165, 1.54) is 12.0 Å². The van der Waals surface area contributed by atoms with Crippen LogP contribution in [0.3, 0.4) is 0 Å². The predicted octanol–water partition coefficient (Wildman–Crippen LogP) is 3.03. The highest BCUT2D eigenvalue weighted by atomic mass is 16.5. The third kappa shape index (κ3) is 1.27. The monoisotopic (exact) mass is 188 g/mol. The Morgan fingerprint density at radius 3 is 2.71 bits per heavy atom. The van der Waals surface area contributed by atoms with Gasteiger partial charge in [-0.15, -0.1) is 0 Å². The van der Waals surface area contributed by atoms with Gasteiger partial charge in [0.1, 0.15) is 0 Å². The number of fused-ring (bicyclic) bond motifs is 1. The van der Waals surface area contributed by atoms with Gasteiger partial charge in [-0.3, -0.25) is 0 Å². The Bertz CT molecular complexity index is 319. The summed E-state index contributed by atoms with van der Waals surface area (Å²) in [6.07, 6.45) is 1.76. The van der Waals surface area contributed by atoms with Crippen molar-refractivity contribution in [3.63, 3.8) is 0 Å². The van der Waals surface area contributed by atoms with Gasteiger partial charge in [0.25, 0.3) is 0 Å². The van der Waals surface area contributed by atoms with Gasteiger partial charge in [0.05, 0.1) is 12.7 Å². The first kappa shape index (κ1) is 8.49. The van der Waals surface area contributed by atoms with E-state index in [0.29, 0.717) is 6.10 Å². The Morgan fingerprint density at radius 2 is 1.93 bits per heavy atom. The molecule has 1 saturated heterocycles. The maximum atomic E-state index is 5.93. The largest absolute Gasteiger partial charge is 0.373 e. The molecule has 4 atom stereocenters. The lowest BCUT2D eigenvalue weighted by Crippen LogP contribution is -2.21. The lowest BCUT2D eigenvalue weighted by molar-refractivity contribution is -0.0209. The van der Waals surface area contributed by atoms with E-state index in [4.69, 9.17) is 4.74 Å².